The summed E-state index contributed by atoms with van der Waals surface area (Å²) in [6, 6.07) is 10.7. The van der Waals surface area contributed by atoms with Crippen LogP contribution in [0.25, 0.3) is 0 Å². The molecule has 0 N–H and O–H groups in total. The molecular formula is C16H14BrF3O3S. The Morgan fingerprint density at radius 2 is 1.62 bits per heavy atom. The van der Waals surface area contributed by atoms with Crippen molar-refractivity contribution >= 4 is 26.0 Å². The lowest BCUT2D eigenvalue weighted by molar-refractivity contribution is -0.246. The highest BCUT2D eigenvalue weighted by Gasteiger charge is 2.56. The van der Waals surface area contributed by atoms with Crippen LogP contribution in [-0.4, -0.2) is 14.6 Å². The molecule has 3 nitrogen and oxygen atoms in total. The second kappa shape index (κ2) is 6.50. The Balaban J connectivity index is 2.52. The topological polar surface area (TPSA) is 43.4 Å². The zero-order valence-electron chi connectivity index (χ0n) is 12.8. The maximum absolute atomic E-state index is 13.6. The molecule has 0 aromatic heterocycles. The van der Waals surface area contributed by atoms with Gasteiger partial charge in [-0.05, 0) is 43.7 Å². The second-order valence-corrected chi connectivity index (χ2v) is 7.85. The van der Waals surface area contributed by atoms with E-state index in [2.05, 4.69) is 20.1 Å². The van der Waals surface area contributed by atoms with Crippen LogP contribution in [0.3, 0.4) is 0 Å². The highest BCUT2D eigenvalue weighted by atomic mass is 79.9. The van der Waals surface area contributed by atoms with Gasteiger partial charge in [0.2, 0.25) is 5.60 Å². The van der Waals surface area contributed by atoms with Crippen LogP contribution in [0, 0.1) is 6.92 Å². The maximum Gasteiger partial charge on any atom is 0.422 e. The van der Waals surface area contributed by atoms with Gasteiger partial charge in [-0.25, -0.2) is 4.18 Å². The molecule has 2 aromatic rings. The van der Waals surface area contributed by atoms with Gasteiger partial charge in [0.25, 0.3) is 10.1 Å². The minimum absolute atomic E-state index is 0.319. The molecule has 0 aliphatic carbocycles. The summed E-state index contributed by atoms with van der Waals surface area (Å²) in [6.45, 7) is 2.43. The first kappa shape index (κ1) is 19.0. The molecule has 1 unspecified atom stereocenters. The third kappa shape index (κ3) is 3.81. The van der Waals surface area contributed by atoms with Crippen molar-refractivity contribution in [3.63, 3.8) is 0 Å². The number of aryl methyl sites for hydroxylation is 1. The number of benzene rings is 2. The highest BCUT2D eigenvalue weighted by molar-refractivity contribution is 9.10. The lowest BCUT2D eigenvalue weighted by atomic mass is 9.96. The molecular weight excluding hydrogens is 409 g/mol. The van der Waals surface area contributed by atoms with Gasteiger partial charge in [0.05, 0.1) is 4.90 Å². The zero-order valence-corrected chi connectivity index (χ0v) is 15.2. The summed E-state index contributed by atoms with van der Waals surface area (Å²) in [4.78, 5) is -0.335. The summed E-state index contributed by atoms with van der Waals surface area (Å²) in [7, 11) is -4.61. The second-order valence-electron chi connectivity index (χ2n) is 5.39. The van der Waals surface area contributed by atoms with Crippen LogP contribution >= 0.6 is 15.9 Å². The molecule has 24 heavy (non-hydrogen) atoms. The van der Waals surface area contributed by atoms with Gasteiger partial charge in [0.15, 0.2) is 0 Å². The molecule has 0 fully saturated rings. The Hall–Kier alpha value is -1.38. The van der Waals surface area contributed by atoms with E-state index in [1.54, 1.807) is 6.92 Å². The van der Waals surface area contributed by atoms with E-state index >= 15 is 0 Å². The van der Waals surface area contributed by atoms with Crippen molar-refractivity contribution in [2.45, 2.75) is 30.5 Å². The average Bonchev–Trinajstić information content (AvgIpc) is 2.46. The predicted molar refractivity (Wildman–Crippen MR) is 87.0 cm³/mol. The van der Waals surface area contributed by atoms with E-state index in [1.165, 1.54) is 48.5 Å². The number of hydrogen-bond donors (Lipinski definition) is 0. The van der Waals surface area contributed by atoms with Gasteiger partial charge in [-0.15, -0.1) is 0 Å². The van der Waals surface area contributed by atoms with Crippen LogP contribution in [0.2, 0.25) is 0 Å². The maximum atomic E-state index is 13.6. The number of hydrogen-bond acceptors (Lipinski definition) is 3. The molecule has 0 saturated heterocycles. The Kier molecular flexibility index (Phi) is 5.13. The smallest absolute Gasteiger partial charge is 0.245 e. The van der Waals surface area contributed by atoms with Gasteiger partial charge in [0.1, 0.15) is 0 Å². The molecule has 0 bridgehead atoms. The van der Waals surface area contributed by atoms with E-state index < -0.39 is 21.9 Å². The molecule has 0 heterocycles. The van der Waals surface area contributed by atoms with E-state index in [0.29, 0.717) is 11.4 Å². The van der Waals surface area contributed by atoms with Crippen molar-refractivity contribution in [3.05, 3.63) is 64.1 Å². The third-order valence-electron chi connectivity index (χ3n) is 3.50. The SMILES string of the molecule is Cc1ccc(S(=O)(=O)OC(C)(c2cccc(Br)c2)C(F)(F)F)cc1. The van der Waals surface area contributed by atoms with E-state index in [9.17, 15) is 21.6 Å². The van der Waals surface area contributed by atoms with Gasteiger partial charge < -0.3 is 0 Å². The van der Waals surface area contributed by atoms with Gasteiger partial charge >= 0.3 is 6.18 Å². The number of rotatable bonds is 4. The Morgan fingerprint density at radius 3 is 2.12 bits per heavy atom. The molecule has 0 amide bonds. The molecule has 0 aliphatic rings. The van der Waals surface area contributed by atoms with Crippen LogP contribution in [0.5, 0.6) is 0 Å². The van der Waals surface area contributed by atoms with Crippen molar-refractivity contribution in [2.75, 3.05) is 0 Å². The first-order valence-corrected chi connectivity index (χ1v) is 9.01. The summed E-state index contributed by atoms with van der Waals surface area (Å²) in [5, 5.41) is 0. The van der Waals surface area contributed by atoms with Gasteiger partial charge in [-0.2, -0.15) is 21.6 Å². The fourth-order valence-electron chi connectivity index (χ4n) is 2.02. The molecule has 0 saturated carbocycles. The highest BCUT2D eigenvalue weighted by Crippen LogP contribution is 2.44. The lowest BCUT2D eigenvalue weighted by Gasteiger charge is -2.31. The van der Waals surface area contributed by atoms with E-state index in [1.807, 2.05) is 0 Å². The normalized spacial score (nSPS) is 15.1. The van der Waals surface area contributed by atoms with E-state index in [0.717, 1.165) is 5.56 Å². The summed E-state index contributed by atoms with van der Waals surface area (Å²) in [5.41, 5.74) is -2.56. The molecule has 130 valence electrons. The quantitative estimate of drug-likeness (QED) is 0.655. The molecule has 2 aromatic carbocycles. The van der Waals surface area contributed by atoms with Crippen LogP contribution in [-0.2, 0) is 19.9 Å². The fraction of sp³-hybridized carbons (Fsp3) is 0.250. The van der Waals surface area contributed by atoms with Crippen LogP contribution in [0.4, 0.5) is 13.2 Å². The summed E-state index contributed by atoms with van der Waals surface area (Å²) in [5.74, 6) is 0. The largest absolute Gasteiger partial charge is 0.422 e. The summed E-state index contributed by atoms with van der Waals surface area (Å²) in [6.07, 6.45) is -4.94. The van der Waals surface area contributed by atoms with Crippen molar-refractivity contribution in [1.82, 2.24) is 0 Å². The molecule has 0 radical (unpaired) electrons. The number of alkyl halides is 3. The number of halogens is 4. The van der Waals surface area contributed by atoms with Crippen molar-refractivity contribution in [2.24, 2.45) is 0 Å². The third-order valence-corrected chi connectivity index (χ3v) is 5.40. The summed E-state index contributed by atoms with van der Waals surface area (Å²) >= 11 is 3.08. The average molecular weight is 423 g/mol. The monoisotopic (exact) mass is 422 g/mol. The minimum Gasteiger partial charge on any atom is -0.245 e. The molecule has 8 heteroatoms. The zero-order chi connectivity index (χ0) is 18.2. The predicted octanol–water partition coefficient (Wildman–Crippen LogP) is 4.94. The molecule has 2 rings (SSSR count). The first-order valence-electron chi connectivity index (χ1n) is 6.81. The van der Waals surface area contributed by atoms with E-state index in [-0.39, 0.29) is 10.5 Å². The summed E-state index contributed by atoms with van der Waals surface area (Å²) < 4.78 is 70.6. The Labute approximate surface area is 146 Å². The first-order chi connectivity index (χ1) is 11.0. The van der Waals surface area contributed by atoms with Crippen molar-refractivity contribution in [3.8, 4) is 0 Å². The standard InChI is InChI=1S/C16H14BrF3O3S/c1-11-6-8-14(9-7-11)24(21,22)23-15(2,16(18,19)20)12-4-3-5-13(17)10-12/h3-10H,1-2H3. The Bertz CT molecular complexity index is 832. The van der Waals surface area contributed by atoms with Crippen LogP contribution < -0.4 is 0 Å². The minimum atomic E-state index is -4.94. The van der Waals surface area contributed by atoms with Gasteiger partial charge in [-0.1, -0.05) is 45.8 Å². The molecule has 0 aliphatic heterocycles. The lowest BCUT2D eigenvalue weighted by Crippen LogP contribution is -2.43. The van der Waals surface area contributed by atoms with Crippen LogP contribution in [0.15, 0.2) is 57.9 Å². The van der Waals surface area contributed by atoms with Crippen molar-refractivity contribution < 1.29 is 25.8 Å². The molecule has 0 spiro atoms. The van der Waals surface area contributed by atoms with Gasteiger partial charge in [0, 0.05) is 4.47 Å². The fourth-order valence-corrected chi connectivity index (χ4v) is 3.61. The molecule has 1 atom stereocenters. The Morgan fingerprint density at radius 1 is 1.04 bits per heavy atom. The van der Waals surface area contributed by atoms with Gasteiger partial charge in [-0.3, -0.25) is 0 Å². The van der Waals surface area contributed by atoms with Crippen LogP contribution in [0.1, 0.15) is 18.1 Å². The van der Waals surface area contributed by atoms with E-state index in [4.69, 9.17) is 0 Å². The van der Waals surface area contributed by atoms with Crippen molar-refractivity contribution in [1.29, 1.82) is 0 Å².